The van der Waals surface area contributed by atoms with Gasteiger partial charge in [-0.1, -0.05) is 63.3 Å². The summed E-state index contributed by atoms with van der Waals surface area (Å²) in [5.41, 5.74) is 0.910. The van der Waals surface area contributed by atoms with Gasteiger partial charge in [-0.05, 0) is 98.1 Å². The van der Waals surface area contributed by atoms with Crippen molar-refractivity contribution in [3.8, 4) is 0 Å². The van der Waals surface area contributed by atoms with Crippen LogP contribution >= 0.6 is 0 Å². The number of unbranched alkanes of at least 4 members (excludes halogenated alkanes) is 2. The largest absolute Gasteiger partial charge is 0.206 e. The van der Waals surface area contributed by atoms with Crippen molar-refractivity contribution >= 4 is 10.8 Å². The molecule has 0 spiro atoms. The highest BCUT2D eigenvalue weighted by molar-refractivity contribution is 5.85. The lowest BCUT2D eigenvalue weighted by molar-refractivity contribution is 0.112. The number of hydrogen-bond donors (Lipinski definition) is 0. The van der Waals surface area contributed by atoms with Crippen molar-refractivity contribution in [3.63, 3.8) is 0 Å². The Morgan fingerprint density at radius 2 is 1.70 bits per heavy atom. The first-order valence-corrected chi connectivity index (χ1v) is 13.2. The van der Waals surface area contributed by atoms with Gasteiger partial charge in [0, 0.05) is 0 Å². The monoisotopic (exact) mass is 456 g/mol. The predicted molar refractivity (Wildman–Crippen MR) is 132 cm³/mol. The van der Waals surface area contributed by atoms with Crippen LogP contribution in [0.1, 0.15) is 102 Å². The maximum atomic E-state index is 15.2. The number of rotatable bonds is 8. The van der Waals surface area contributed by atoms with Gasteiger partial charge in [-0.25, -0.2) is 13.2 Å². The third-order valence-electron chi connectivity index (χ3n) is 8.42. The number of fused-ring (bicyclic) bond motifs is 2. The smallest absolute Gasteiger partial charge is 0.169 e. The second-order valence-electron chi connectivity index (χ2n) is 10.5. The minimum atomic E-state index is -1.00. The molecule has 2 aliphatic carbocycles. The Bertz CT molecular complexity index is 976. The number of allylic oxidation sites excluding steroid dienone is 2. The second-order valence-corrected chi connectivity index (χ2v) is 10.5. The Morgan fingerprint density at radius 3 is 2.48 bits per heavy atom. The van der Waals surface area contributed by atoms with Crippen LogP contribution in [0.25, 0.3) is 10.8 Å². The van der Waals surface area contributed by atoms with Crippen molar-refractivity contribution in [2.24, 2.45) is 17.8 Å². The molecule has 0 radical (unpaired) electrons. The Kier molecular flexibility index (Phi) is 8.20. The minimum absolute atomic E-state index is 0.0409. The average molecular weight is 457 g/mol. The molecule has 0 nitrogen and oxygen atoms in total. The molecule has 33 heavy (non-hydrogen) atoms. The molecule has 4 rings (SSSR count). The van der Waals surface area contributed by atoms with Crippen LogP contribution in [0.4, 0.5) is 13.2 Å². The first-order chi connectivity index (χ1) is 16.0. The molecule has 3 heteroatoms. The molecule has 0 bridgehead atoms. The molecule has 180 valence electrons. The molecule has 0 aromatic heterocycles. The van der Waals surface area contributed by atoms with Crippen LogP contribution in [-0.4, -0.2) is 0 Å². The van der Waals surface area contributed by atoms with E-state index in [2.05, 4.69) is 6.92 Å². The van der Waals surface area contributed by atoms with Crippen molar-refractivity contribution in [2.45, 2.75) is 96.8 Å². The van der Waals surface area contributed by atoms with Crippen LogP contribution in [0.2, 0.25) is 0 Å². The highest BCUT2D eigenvalue weighted by Crippen LogP contribution is 2.49. The summed E-state index contributed by atoms with van der Waals surface area (Å²) in [6.07, 6.45) is 17.1. The molecule has 4 atom stereocenters. The van der Waals surface area contributed by atoms with Gasteiger partial charge in [0.1, 0.15) is 5.82 Å². The Balaban J connectivity index is 1.50. The summed E-state index contributed by atoms with van der Waals surface area (Å²) in [5.74, 6) is -0.181. The molecule has 2 aliphatic rings. The number of aryl methyl sites for hydroxylation is 1. The third kappa shape index (κ3) is 5.33. The molecule has 2 aromatic rings. The van der Waals surface area contributed by atoms with E-state index in [1.807, 2.05) is 19.1 Å². The van der Waals surface area contributed by atoms with Gasteiger partial charge in [0.2, 0.25) is 0 Å². The average Bonchev–Trinajstić information content (AvgIpc) is 2.82. The van der Waals surface area contributed by atoms with E-state index >= 15 is 13.2 Å². The van der Waals surface area contributed by atoms with Crippen LogP contribution < -0.4 is 0 Å². The second kappa shape index (κ2) is 11.1. The predicted octanol–water partition coefficient (Wildman–Crippen LogP) is 9.65. The van der Waals surface area contributed by atoms with Crippen LogP contribution in [0.5, 0.6) is 0 Å². The van der Waals surface area contributed by atoms with Crippen LogP contribution in [0.3, 0.4) is 0 Å². The molecule has 0 aliphatic heterocycles. The van der Waals surface area contributed by atoms with Gasteiger partial charge < -0.3 is 0 Å². The zero-order valence-corrected chi connectivity index (χ0v) is 20.3. The Morgan fingerprint density at radius 1 is 0.909 bits per heavy atom. The maximum absolute atomic E-state index is 15.2. The standard InChI is InChI=1S/C30H39F3/c1-3-5-7-9-20-11-12-23-18-24(15-14-22(23)17-20)26-19-25-16-13-21(10-8-6-4-2)28(31)27(25)30(33)29(26)32/h4,6,13,16,19-20,22-24H,3,5,7-12,14-15,17-18H2,1-2H3/b6-4+. The first-order valence-electron chi connectivity index (χ1n) is 13.2. The molecular weight excluding hydrogens is 417 g/mol. The van der Waals surface area contributed by atoms with E-state index in [9.17, 15) is 0 Å². The summed E-state index contributed by atoms with van der Waals surface area (Å²) in [5, 5.41) is 0.299. The summed E-state index contributed by atoms with van der Waals surface area (Å²) in [7, 11) is 0. The van der Waals surface area contributed by atoms with E-state index < -0.39 is 17.5 Å². The van der Waals surface area contributed by atoms with Gasteiger partial charge in [-0.15, -0.1) is 0 Å². The molecule has 0 amide bonds. The summed E-state index contributed by atoms with van der Waals surface area (Å²) in [6.45, 7) is 4.17. The molecule has 2 saturated carbocycles. The van der Waals surface area contributed by atoms with E-state index in [0.717, 1.165) is 31.1 Å². The molecule has 2 aromatic carbocycles. The summed E-state index contributed by atoms with van der Waals surface area (Å²) >= 11 is 0. The van der Waals surface area contributed by atoms with Gasteiger partial charge in [0.25, 0.3) is 0 Å². The Labute approximate surface area is 197 Å². The van der Waals surface area contributed by atoms with Crippen LogP contribution in [0, 0.1) is 35.2 Å². The first kappa shape index (κ1) is 24.4. The number of hydrogen-bond acceptors (Lipinski definition) is 0. The van der Waals surface area contributed by atoms with Crippen LogP contribution in [0.15, 0.2) is 30.4 Å². The topological polar surface area (TPSA) is 0 Å². The van der Waals surface area contributed by atoms with Crippen LogP contribution in [-0.2, 0) is 6.42 Å². The highest BCUT2D eigenvalue weighted by Gasteiger charge is 2.37. The van der Waals surface area contributed by atoms with Crippen molar-refractivity contribution in [1.82, 2.24) is 0 Å². The summed E-state index contributed by atoms with van der Waals surface area (Å²) in [4.78, 5) is 0. The van der Waals surface area contributed by atoms with Crippen molar-refractivity contribution < 1.29 is 13.2 Å². The number of benzene rings is 2. The minimum Gasteiger partial charge on any atom is -0.206 e. The lowest BCUT2D eigenvalue weighted by atomic mass is 9.63. The van der Waals surface area contributed by atoms with E-state index in [1.165, 1.54) is 44.9 Å². The highest BCUT2D eigenvalue weighted by atomic mass is 19.2. The fourth-order valence-corrected chi connectivity index (χ4v) is 6.55. The van der Waals surface area contributed by atoms with Crippen molar-refractivity contribution in [2.75, 3.05) is 0 Å². The molecule has 0 N–H and O–H groups in total. The lowest BCUT2D eigenvalue weighted by Gasteiger charge is -2.42. The summed E-state index contributed by atoms with van der Waals surface area (Å²) in [6, 6.07) is 5.23. The van der Waals surface area contributed by atoms with E-state index in [0.29, 0.717) is 35.3 Å². The van der Waals surface area contributed by atoms with Gasteiger partial charge in [-0.2, -0.15) is 0 Å². The summed E-state index contributed by atoms with van der Waals surface area (Å²) < 4.78 is 45.4. The fourth-order valence-electron chi connectivity index (χ4n) is 6.55. The Hall–Kier alpha value is -1.77. The normalized spacial score (nSPS) is 25.6. The van der Waals surface area contributed by atoms with E-state index in [1.54, 1.807) is 18.2 Å². The van der Waals surface area contributed by atoms with Gasteiger partial charge in [0.05, 0.1) is 5.39 Å². The van der Waals surface area contributed by atoms with Gasteiger partial charge in [-0.3, -0.25) is 0 Å². The van der Waals surface area contributed by atoms with Gasteiger partial charge in [0.15, 0.2) is 11.6 Å². The molecule has 0 saturated heterocycles. The van der Waals surface area contributed by atoms with E-state index in [-0.39, 0.29) is 11.3 Å². The molecule has 0 heterocycles. The molecular formula is C30H39F3. The maximum Gasteiger partial charge on any atom is 0.169 e. The van der Waals surface area contributed by atoms with Crippen molar-refractivity contribution in [3.05, 3.63) is 58.9 Å². The molecule has 4 unspecified atom stereocenters. The van der Waals surface area contributed by atoms with Gasteiger partial charge >= 0.3 is 0 Å². The van der Waals surface area contributed by atoms with E-state index in [4.69, 9.17) is 0 Å². The third-order valence-corrected chi connectivity index (χ3v) is 8.42. The quantitative estimate of drug-likeness (QED) is 0.274. The zero-order valence-electron chi connectivity index (χ0n) is 20.3. The zero-order chi connectivity index (χ0) is 23.4. The SMILES string of the molecule is C/C=C/CCc1ccc2cc(C3CCC4CC(CCCCC)CCC4C3)c(F)c(F)c2c1F. The van der Waals surface area contributed by atoms with Crippen molar-refractivity contribution in [1.29, 1.82) is 0 Å². The number of halogens is 3. The lowest BCUT2D eigenvalue weighted by Crippen LogP contribution is -2.30. The molecule has 2 fully saturated rings. The fraction of sp³-hybridized carbons (Fsp3) is 0.600.